The number of benzene rings is 1. The van der Waals surface area contributed by atoms with Gasteiger partial charge in [-0.05, 0) is 25.0 Å². The summed E-state index contributed by atoms with van der Waals surface area (Å²) in [6.07, 6.45) is 5.05. The van der Waals surface area contributed by atoms with Crippen molar-refractivity contribution in [3.63, 3.8) is 0 Å². The standard InChI is InChI=1S/C19H21N3O4/c1-12(23)20-15-8-4-5-9-16(15)21-17(24)10-11-22-18(25)13-6-2-3-7-14(13)19(22)26/h2-5,8-9,13-14H,6-7,10-11H2,1H3,(H,20,23)(H,21,24)/t13-,14+. The lowest BCUT2D eigenvalue weighted by molar-refractivity contribution is -0.140. The zero-order valence-electron chi connectivity index (χ0n) is 14.5. The molecule has 1 aromatic carbocycles. The monoisotopic (exact) mass is 355 g/mol. The van der Waals surface area contributed by atoms with Gasteiger partial charge in [-0.15, -0.1) is 0 Å². The molecule has 3 rings (SSSR count). The number of rotatable bonds is 5. The lowest BCUT2D eigenvalue weighted by Crippen LogP contribution is -2.34. The third-order valence-electron chi connectivity index (χ3n) is 4.67. The van der Waals surface area contributed by atoms with Crippen LogP contribution in [0.25, 0.3) is 0 Å². The minimum Gasteiger partial charge on any atom is -0.325 e. The van der Waals surface area contributed by atoms with Crippen LogP contribution in [0.15, 0.2) is 36.4 Å². The predicted octanol–water partition coefficient (Wildman–Crippen LogP) is 1.92. The quantitative estimate of drug-likeness (QED) is 0.623. The van der Waals surface area contributed by atoms with E-state index in [0.717, 1.165) is 0 Å². The average molecular weight is 355 g/mol. The number of hydrogen-bond donors (Lipinski definition) is 2. The number of fused-ring (bicyclic) bond motifs is 1. The van der Waals surface area contributed by atoms with Crippen molar-refractivity contribution in [1.82, 2.24) is 4.90 Å². The number of nitrogens with one attached hydrogen (secondary N) is 2. The smallest absolute Gasteiger partial charge is 0.233 e. The van der Waals surface area contributed by atoms with Crippen LogP contribution < -0.4 is 10.6 Å². The highest BCUT2D eigenvalue weighted by Gasteiger charge is 2.46. The summed E-state index contributed by atoms with van der Waals surface area (Å²) >= 11 is 0. The highest BCUT2D eigenvalue weighted by molar-refractivity contribution is 6.06. The van der Waals surface area contributed by atoms with E-state index in [9.17, 15) is 19.2 Å². The van der Waals surface area contributed by atoms with Gasteiger partial charge in [-0.25, -0.2) is 0 Å². The number of para-hydroxylation sites is 2. The second-order valence-electron chi connectivity index (χ2n) is 6.51. The maximum atomic E-state index is 12.4. The molecule has 4 amide bonds. The second kappa shape index (κ2) is 7.51. The van der Waals surface area contributed by atoms with Crippen LogP contribution in [-0.4, -0.2) is 35.1 Å². The van der Waals surface area contributed by atoms with Crippen molar-refractivity contribution >= 4 is 35.0 Å². The Morgan fingerprint density at radius 3 is 2.08 bits per heavy atom. The molecule has 0 radical (unpaired) electrons. The number of hydrogen-bond acceptors (Lipinski definition) is 4. The van der Waals surface area contributed by atoms with Crippen molar-refractivity contribution in [1.29, 1.82) is 0 Å². The van der Waals surface area contributed by atoms with E-state index in [0.29, 0.717) is 24.2 Å². The number of carbonyl (C=O) groups excluding carboxylic acids is 4. The van der Waals surface area contributed by atoms with Gasteiger partial charge in [-0.3, -0.25) is 24.1 Å². The number of likely N-dealkylation sites (tertiary alicyclic amines) is 1. The van der Waals surface area contributed by atoms with Crippen LogP contribution in [-0.2, 0) is 19.2 Å². The van der Waals surface area contributed by atoms with Crippen molar-refractivity contribution in [3.8, 4) is 0 Å². The Labute approximate surface area is 151 Å². The molecule has 1 saturated heterocycles. The van der Waals surface area contributed by atoms with Gasteiger partial charge in [0.1, 0.15) is 0 Å². The molecule has 0 aromatic heterocycles. The summed E-state index contributed by atoms with van der Waals surface area (Å²) in [5, 5.41) is 5.36. The molecule has 2 atom stereocenters. The first kappa shape index (κ1) is 17.8. The average Bonchev–Trinajstić information content (AvgIpc) is 2.86. The van der Waals surface area contributed by atoms with E-state index in [1.807, 2.05) is 12.2 Å². The lowest BCUT2D eigenvalue weighted by Gasteiger charge is -2.15. The summed E-state index contributed by atoms with van der Waals surface area (Å²) in [6.45, 7) is 1.45. The van der Waals surface area contributed by atoms with Gasteiger partial charge in [0.05, 0.1) is 23.2 Å². The summed E-state index contributed by atoms with van der Waals surface area (Å²) in [5.41, 5.74) is 0.975. The highest BCUT2D eigenvalue weighted by atomic mass is 16.2. The second-order valence-corrected chi connectivity index (χ2v) is 6.51. The van der Waals surface area contributed by atoms with Crippen LogP contribution in [0, 0.1) is 11.8 Å². The van der Waals surface area contributed by atoms with Gasteiger partial charge in [0.25, 0.3) is 0 Å². The Morgan fingerprint density at radius 2 is 1.54 bits per heavy atom. The Morgan fingerprint density at radius 1 is 1.00 bits per heavy atom. The maximum Gasteiger partial charge on any atom is 0.233 e. The molecule has 0 spiro atoms. The Hall–Kier alpha value is -2.96. The molecule has 0 bridgehead atoms. The van der Waals surface area contributed by atoms with Crippen molar-refractivity contribution in [3.05, 3.63) is 36.4 Å². The molecule has 7 nitrogen and oxygen atoms in total. The number of allylic oxidation sites excluding steroid dienone is 2. The molecule has 1 aliphatic heterocycles. The molecule has 7 heteroatoms. The van der Waals surface area contributed by atoms with Crippen LogP contribution in [0.1, 0.15) is 26.2 Å². The van der Waals surface area contributed by atoms with Gasteiger partial charge in [0.15, 0.2) is 0 Å². The molecule has 1 aliphatic carbocycles. The van der Waals surface area contributed by atoms with Gasteiger partial charge in [0.2, 0.25) is 23.6 Å². The van der Waals surface area contributed by atoms with Gasteiger partial charge >= 0.3 is 0 Å². The van der Waals surface area contributed by atoms with Crippen molar-refractivity contribution in [2.75, 3.05) is 17.2 Å². The van der Waals surface area contributed by atoms with E-state index in [-0.39, 0.29) is 48.4 Å². The van der Waals surface area contributed by atoms with Crippen molar-refractivity contribution in [2.24, 2.45) is 11.8 Å². The Balaban J connectivity index is 1.59. The molecule has 2 N–H and O–H groups in total. The number of amides is 4. The summed E-state index contributed by atoms with van der Waals surface area (Å²) in [7, 11) is 0. The largest absolute Gasteiger partial charge is 0.325 e. The fourth-order valence-corrected chi connectivity index (χ4v) is 3.41. The highest BCUT2D eigenvalue weighted by Crippen LogP contribution is 2.35. The van der Waals surface area contributed by atoms with Crippen LogP contribution >= 0.6 is 0 Å². The van der Waals surface area contributed by atoms with E-state index in [4.69, 9.17) is 0 Å². The van der Waals surface area contributed by atoms with E-state index < -0.39 is 0 Å². The summed E-state index contributed by atoms with van der Waals surface area (Å²) in [4.78, 5) is 49.5. The zero-order valence-corrected chi connectivity index (χ0v) is 14.5. The van der Waals surface area contributed by atoms with Gasteiger partial charge in [0, 0.05) is 19.9 Å². The molecule has 1 aromatic rings. The third kappa shape index (κ3) is 3.66. The number of nitrogens with zero attached hydrogens (tertiary/aromatic N) is 1. The SMILES string of the molecule is CC(=O)Nc1ccccc1NC(=O)CCN1C(=O)[C@H]2CC=CC[C@H]2C1=O. The molecular formula is C19H21N3O4. The fourth-order valence-electron chi connectivity index (χ4n) is 3.41. The van der Waals surface area contributed by atoms with Crippen LogP contribution in [0.5, 0.6) is 0 Å². The van der Waals surface area contributed by atoms with Crippen molar-refractivity contribution in [2.45, 2.75) is 26.2 Å². The fraction of sp³-hybridized carbons (Fsp3) is 0.368. The van der Waals surface area contributed by atoms with E-state index in [1.54, 1.807) is 24.3 Å². The maximum absolute atomic E-state index is 12.4. The summed E-state index contributed by atoms with van der Waals surface area (Å²) in [5.74, 6) is -1.49. The first-order valence-electron chi connectivity index (χ1n) is 8.64. The number of imide groups is 1. The molecule has 1 heterocycles. The first-order valence-corrected chi connectivity index (χ1v) is 8.64. The topological polar surface area (TPSA) is 95.6 Å². The van der Waals surface area contributed by atoms with E-state index in [2.05, 4.69) is 10.6 Å². The first-order chi connectivity index (χ1) is 12.5. The Kier molecular flexibility index (Phi) is 5.16. The molecule has 26 heavy (non-hydrogen) atoms. The summed E-state index contributed by atoms with van der Waals surface area (Å²) < 4.78 is 0. The molecule has 136 valence electrons. The third-order valence-corrected chi connectivity index (χ3v) is 4.67. The number of carbonyl (C=O) groups is 4. The predicted molar refractivity (Wildman–Crippen MR) is 96.1 cm³/mol. The lowest BCUT2D eigenvalue weighted by atomic mass is 9.85. The minimum atomic E-state index is -0.323. The molecule has 1 fully saturated rings. The normalized spacial score (nSPS) is 21.5. The summed E-state index contributed by atoms with van der Waals surface area (Å²) in [6, 6.07) is 6.85. The molecular weight excluding hydrogens is 334 g/mol. The zero-order chi connectivity index (χ0) is 18.7. The molecule has 2 aliphatic rings. The minimum absolute atomic E-state index is 0.0127. The van der Waals surface area contributed by atoms with E-state index in [1.165, 1.54) is 11.8 Å². The van der Waals surface area contributed by atoms with Crippen LogP contribution in [0.2, 0.25) is 0 Å². The molecule has 0 unspecified atom stereocenters. The van der Waals surface area contributed by atoms with Crippen LogP contribution in [0.4, 0.5) is 11.4 Å². The van der Waals surface area contributed by atoms with Crippen LogP contribution in [0.3, 0.4) is 0 Å². The number of anilines is 2. The van der Waals surface area contributed by atoms with E-state index >= 15 is 0 Å². The van der Waals surface area contributed by atoms with Gasteiger partial charge < -0.3 is 10.6 Å². The molecule has 0 saturated carbocycles. The van der Waals surface area contributed by atoms with Gasteiger partial charge in [-0.1, -0.05) is 24.3 Å². The van der Waals surface area contributed by atoms with Crippen molar-refractivity contribution < 1.29 is 19.2 Å². The van der Waals surface area contributed by atoms with Gasteiger partial charge in [-0.2, -0.15) is 0 Å². The Bertz CT molecular complexity index is 761.